The first-order chi connectivity index (χ1) is 34.1. The van der Waals surface area contributed by atoms with E-state index in [4.69, 9.17) is 9.72 Å². The molecule has 5 heterocycles. The van der Waals surface area contributed by atoms with Crippen LogP contribution in [0.15, 0.2) is 219 Å². The average molecular weight is 889 g/mol. The van der Waals surface area contributed by atoms with E-state index < -0.39 is 0 Å². The normalized spacial score (nSPS) is 12.7. The van der Waals surface area contributed by atoms with Crippen molar-refractivity contribution in [2.24, 2.45) is 0 Å². The van der Waals surface area contributed by atoms with Gasteiger partial charge in [0.25, 0.3) is 0 Å². The first-order valence-corrected chi connectivity index (χ1v) is 23.5. The number of pyridine rings is 1. The second kappa shape index (κ2) is 15.2. The van der Waals surface area contributed by atoms with E-state index in [1.54, 1.807) is 0 Å². The molecule has 0 N–H and O–H groups in total. The lowest BCUT2D eigenvalue weighted by Gasteiger charge is -2.21. The van der Waals surface area contributed by atoms with Crippen LogP contribution in [0.5, 0.6) is 11.5 Å². The van der Waals surface area contributed by atoms with Crippen LogP contribution in [0.25, 0.3) is 93.7 Å². The molecule has 328 valence electrons. The van der Waals surface area contributed by atoms with Gasteiger partial charge in [-0.25, -0.2) is 4.98 Å². The lowest BCUT2D eigenvalue weighted by molar-refractivity contribution is 0.483. The smallest absolute Gasteiger partial charge is 0.137 e. The molecule has 0 saturated heterocycles. The summed E-state index contributed by atoms with van der Waals surface area (Å²) in [5.41, 5.74) is 15.7. The molecule has 7 nitrogen and oxygen atoms in total. The van der Waals surface area contributed by atoms with Crippen molar-refractivity contribution in [2.75, 3.05) is 23.5 Å². The molecule has 7 heteroatoms. The van der Waals surface area contributed by atoms with Gasteiger partial charge in [0.05, 0.1) is 62.5 Å². The fraction of sp³-hybridized carbons (Fsp3) is 0.0484. The van der Waals surface area contributed by atoms with E-state index in [9.17, 15) is 0 Å². The number of ether oxygens (including phenoxy) is 1. The van der Waals surface area contributed by atoms with Crippen LogP contribution < -0.4 is 14.5 Å². The van der Waals surface area contributed by atoms with Crippen molar-refractivity contribution in [3.63, 3.8) is 0 Å². The molecule has 14 rings (SSSR count). The number of hydrogen-bond donors (Lipinski definition) is 0. The summed E-state index contributed by atoms with van der Waals surface area (Å²) >= 11 is 0. The zero-order valence-electron chi connectivity index (χ0n) is 38.1. The van der Waals surface area contributed by atoms with Gasteiger partial charge in [0.15, 0.2) is 0 Å². The highest BCUT2D eigenvalue weighted by Crippen LogP contribution is 2.45. The molecule has 0 atom stereocenters. The number of benzene rings is 9. The average Bonchev–Trinajstić information content (AvgIpc) is 4.12. The summed E-state index contributed by atoms with van der Waals surface area (Å²) in [7, 11) is 2.13. The number of aromatic nitrogens is 4. The van der Waals surface area contributed by atoms with Crippen molar-refractivity contribution >= 4 is 82.5 Å². The number of anilines is 3. The van der Waals surface area contributed by atoms with Gasteiger partial charge in [-0.2, -0.15) is 0 Å². The summed E-state index contributed by atoms with van der Waals surface area (Å²) in [5, 5.41) is 7.18. The Bertz CT molecular complexity index is 3970. The Morgan fingerprint density at radius 3 is 1.43 bits per heavy atom. The highest BCUT2D eigenvalue weighted by atomic mass is 16.5. The minimum Gasteiger partial charge on any atom is -0.457 e. The second-order valence-electron chi connectivity index (χ2n) is 18.2. The van der Waals surface area contributed by atoms with Crippen molar-refractivity contribution in [3.8, 4) is 39.8 Å². The molecule has 4 aromatic heterocycles. The molecule has 0 spiro atoms. The number of fused-ring (bicyclic) bond motifs is 10. The van der Waals surface area contributed by atoms with Gasteiger partial charge in [-0.15, -0.1) is 0 Å². The molecule has 0 amide bonds. The van der Waals surface area contributed by atoms with Crippen LogP contribution in [0.2, 0.25) is 0 Å². The number of aryl methyl sites for hydroxylation is 1. The Hall–Kier alpha value is -9.07. The molecule has 0 fully saturated rings. The lowest BCUT2D eigenvalue weighted by atomic mass is 9.98. The third kappa shape index (κ3) is 5.97. The predicted octanol–water partition coefficient (Wildman–Crippen LogP) is 15.7. The molecule has 0 bridgehead atoms. The van der Waals surface area contributed by atoms with Crippen molar-refractivity contribution in [2.45, 2.75) is 6.92 Å². The third-order valence-electron chi connectivity index (χ3n) is 14.2. The number of hydrogen-bond acceptors (Lipinski definition) is 4. The van der Waals surface area contributed by atoms with E-state index in [1.165, 1.54) is 32.9 Å². The van der Waals surface area contributed by atoms with Gasteiger partial charge in [0.1, 0.15) is 17.3 Å². The number of rotatable bonds is 7. The fourth-order valence-electron chi connectivity index (χ4n) is 11.2. The Morgan fingerprint density at radius 2 is 0.870 bits per heavy atom. The Labute approximate surface area is 398 Å². The molecule has 0 aliphatic carbocycles. The fourth-order valence-corrected chi connectivity index (χ4v) is 11.2. The molecule has 69 heavy (non-hydrogen) atoms. The first-order valence-electron chi connectivity index (χ1n) is 23.5. The van der Waals surface area contributed by atoms with Gasteiger partial charge in [-0.05, 0) is 97.4 Å². The van der Waals surface area contributed by atoms with E-state index in [0.29, 0.717) is 0 Å². The summed E-state index contributed by atoms with van der Waals surface area (Å²) in [6.45, 7) is 3.00. The van der Waals surface area contributed by atoms with Gasteiger partial charge < -0.3 is 23.7 Å². The van der Waals surface area contributed by atoms with Gasteiger partial charge in [-0.3, -0.25) is 4.57 Å². The predicted molar refractivity (Wildman–Crippen MR) is 286 cm³/mol. The van der Waals surface area contributed by atoms with E-state index in [1.807, 2.05) is 6.07 Å². The maximum atomic E-state index is 6.73. The molecule has 13 aromatic rings. The van der Waals surface area contributed by atoms with Crippen LogP contribution in [0.1, 0.15) is 5.56 Å². The molecule has 0 saturated carbocycles. The first kappa shape index (κ1) is 39.1. The van der Waals surface area contributed by atoms with Crippen LogP contribution in [0.4, 0.5) is 17.1 Å². The van der Waals surface area contributed by atoms with E-state index in [2.05, 4.69) is 250 Å². The van der Waals surface area contributed by atoms with Crippen LogP contribution in [0, 0.1) is 6.92 Å². The molecular weight excluding hydrogens is 845 g/mol. The lowest BCUT2D eigenvalue weighted by Crippen LogP contribution is -2.23. The van der Waals surface area contributed by atoms with E-state index >= 15 is 0 Å². The zero-order chi connectivity index (χ0) is 45.7. The molecule has 1 aliphatic rings. The Kier molecular flexibility index (Phi) is 8.64. The highest BCUT2D eigenvalue weighted by molar-refractivity contribution is 6.13. The summed E-state index contributed by atoms with van der Waals surface area (Å²) in [6, 6.07) is 75.9. The van der Waals surface area contributed by atoms with Crippen LogP contribution in [0.3, 0.4) is 0 Å². The Morgan fingerprint density at radius 1 is 0.406 bits per heavy atom. The van der Waals surface area contributed by atoms with Crippen molar-refractivity contribution < 1.29 is 4.74 Å². The minimum atomic E-state index is 0.756. The summed E-state index contributed by atoms with van der Waals surface area (Å²) in [5.74, 6) is 2.37. The van der Waals surface area contributed by atoms with Crippen LogP contribution >= 0.6 is 0 Å². The Balaban J connectivity index is 0.943. The molecule has 0 radical (unpaired) electrons. The monoisotopic (exact) mass is 888 g/mol. The maximum absolute atomic E-state index is 6.73. The van der Waals surface area contributed by atoms with Gasteiger partial charge >= 0.3 is 0 Å². The molecule has 9 aromatic carbocycles. The second-order valence-corrected chi connectivity index (χ2v) is 18.2. The van der Waals surface area contributed by atoms with Crippen LogP contribution in [-0.2, 0) is 0 Å². The summed E-state index contributed by atoms with van der Waals surface area (Å²) in [6.07, 6.45) is 2.09. The largest absolute Gasteiger partial charge is 0.457 e. The van der Waals surface area contributed by atoms with Crippen molar-refractivity contribution in [1.29, 1.82) is 0 Å². The molecule has 0 unspecified atom stereocenters. The van der Waals surface area contributed by atoms with Gasteiger partial charge in [0.2, 0.25) is 0 Å². The van der Waals surface area contributed by atoms with Crippen molar-refractivity contribution in [1.82, 2.24) is 18.7 Å². The van der Waals surface area contributed by atoms with E-state index in [0.717, 1.165) is 102 Å². The quantitative estimate of drug-likeness (QED) is 0.160. The molecule has 1 aliphatic heterocycles. The van der Waals surface area contributed by atoms with Gasteiger partial charge in [-0.1, -0.05) is 115 Å². The van der Waals surface area contributed by atoms with Crippen molar-refractivity contribution in [3.05, 3.63) is 224 Å². The number of para-hydroxylation sites is 7. The standard InChI is InChI=1S/C62H44N6O/c1-40-35-61(68-55-28-12-7-23-48(55)49-34-33-43(37-60(49)68)69-42-18-15-17-41(36-42)65-39-64(2)56-29-13-14-30-57(56)65)63-38-50(40)62-58(66-51-24-8-3-19-44(51)45-20-4-9-25-52(45)66)31-16-32-59(62)67-53-26-10-5-21-46(53)47-22-6-11-27-54(47)67/h3-38H,39H2,1-2H3. The number of nitrogens with zero attached hydrogens (tertiary/aromatic N) is 6. The van der Waals surface area contributed by atoms with E-state index in [-0.39, 0.29) is 0 Å². The summed E-state index contributed by atoms with van der Waals surface area (Å²) in [4.78, 5) is 10.0. The maximum Gasteiger partial charge on any atom is 0.137 e. The SMILES string of the molecule is Cc1cc(-n2c3ccccc3c3ccc(Oc4cccc(N5CN(C)c6ccccc65)c4)cc32)ncc1-c1c(-n2c3ccccc3c3ccccc32)cccc1-n1c2ccccc2c2ccccc21. The highest BCUT2D eigenvalue weighted by Gasteiger charge is 2.26. The zero-order valence-corrected chi connectivity index (χ0v) is 38.1. The third-order valence-corrected chi connectivity index (χ3v) is 14.2. The minimum absolute atomic E-state index is 0.756. The van der Waals surface area contributed by atoms with Crippen LogP contribution in [-0.4, -0.2) is 32.4 Å². The summed E-state index contributed by atoms with van der Waals surface area (Å²) < 4.78 is 13.9. The topological polar surface area (TPSA) is 43.4 Å². The molecular formula is C62H44N6O. The van der Waals surface area contributed by atoms with Gasteiger partial charge in [0, 0.05) is 74.5 Å².